The van der Waals surface area contributed by atoms with Gasteiger partial charge in [-0.1, -0.05) is 13.0 Å². The van der Waals surface area contributed by atoms with E-state index < -0.39 is 0 Å². The van der Waals surface area contributed by atoms with Crippen LogP contribution in [-0.4, -0.2) is 61.0 Å². The van der Waals surface area contributed by atoms with Crippen molar-refractivity contribution in [2.45, 2.75) is 19.6 Å². The smallest absolute Gasteiger partial charge is 0.0791 e. The van der Waals surface area contributed by atoms with Crippen LogP contribution in [0.15, 0.2) is 24.4 Å². The van der Waals surface area contributed by atoms with Crippen molar-refractivity contribution in [3.8, 4) is 0 Å². The van der Waals surface area contributed by atoms with Crippen LogP contribution in [0.3, 0.4) is 0 Å². The van der Waals surface area contributed by atoms with Crippen LogP contribution in [0.25, 0.3) is 0 Å². The molecule has 1 unspecified atom stereocenters. The Morgan fingerprint density at radius 3 is 2.95 bits per heavy atom. The number of pyridine rings is 1. The predicted molar refractivity (Wildman–Crippen MR) is 75.9 cm³/mol. The van der Waals surface area contributed by atoms with Gasteiger partial charge in [0.2, 0.25) is 0 Å². The molecule has 1 heterocycles. The molecule has 0 saturated carbocycles. The molecule has 0 fully saturated rings. The third kappa shape index (κ3) is 7.22. The summed E-state index contributed by atoms with van der Waals surface area (Å²) in [6, 6.07) is 5.90. The number of nitrogens with zero attached hydrogens (tertiary/aromatic N) is 2. The molecule has 0 saturated heterocycles. The van der Waals surface area contributed by atoms with E-state index in [2.05, 4.69) is 22.1 Å². The van der Waals surface area contributed by atoms with Gasteiger partial charge in [0.15, 0.2) is 0 Å². The molecule has 19 heavy (non-hydrogen) atoms. The minimum Gasteiger partial charge on any atom is -0.390 e. The Morgan fingerprint density at radius 1 is 1.47 bits per heavy atom. The molecule has 0 aliphatic rings. The van der Waals surface area contributed by atoms with E-state index in [0.717, 1.165) is 25.3 Å². The number of methoxy groups -OCH3 is 1. The monoisotopic (exact) mass is 267 g/mol. The van der Waals surface area contributed by atoms with Gasteiger partial charge >= 0.3 is 0 Å². The number of nitrogens with one attached hydrogen (secondary N) is 1. The Morgan fingerprint density at radius 2 is 2.32 bits per heavy atom. The molecule has 1 rings (SSSR count). The number of aliphatic hydroxyl groups is 1. The first-order chi connectivity index (χ1) is 9.26. The quantitative estimate of drug-likeness (QED) is 0.605. The molecule has 2 N–H and O–H groups in total. The molecular weight excluding hydrogens is 242 g/mol. The van der Waals surface area contributed by atoms with Gasteiger partial charge in [-0.2, -0.15) is 0 Å². The standard InChI is InChI=1S/C14H25N3O2/c1-3-17(11-13-6-4-5-7-16-13)12-14(18)10-15-8-9-19-2/h4-7,14-15,18H,3,8-12H2,1-2H3. The molecule has 0 bridgehead atoms. The van der Waals surface area contributed by atoms with Gasteiger partial charge in [0.1, 0.15) is 0 Å². The summed E-state index contributed by atoms with van der Waals surface area (Å²) in [7, 11) is 1.67. The zero-order chi connectivity index (χ0) is 13.9. The minimum atomic E-state index is -0.375. The highest BCUT2D eigenvalue weighted by molar-refractivity contribution is 5.03. The second-order valence-electron chi connectivity index (χ2n) is 4.50. The number of aliphatic hydroxyl groups excluding tert-OH is 1. The number of hydrogen-bond donors (Lipinski definition) is 2. The van der Waals surface area contributed by atoms with E-state index in [1.165, 1.54) is 0 Å². The Balaban J connectivity index is 2.27. The molecule has 1 atom stereocenters. The summed E-state index contributed by atoms with van der Waals surface area (Å²) in [5.41, 5.74) is 1.03. The largest absolute Gasteiger partial charge is 0.390 e. The highest BCUT2D eigenvalue weighted by Crippen LogP contribution is 2.01. The van der Waals surface area contributed by atoms with Crippen molar-refractivity contribution in [3.63, 3.8) is 0 Å². The SMILES string of the molecule is CCN(Cc1ccccn1)CC(O)CNCCOC. The van der Waals surface area contributed by atoms with Crippen molar-refractivity contribution < 1.29 is 9.84 Å². The van der Waals surface area contributed by atoms with Gasteiger partial charge in [0.25, 0.3) is 0 Å². The van der Waals surface area contributed by atoms with Crippen LogP contribution < -0.4 is 5.32 Å². The Hall–Kier alpha value is -1.01. The molecule has 0 spiro atoms. The van der Waals surface area contributed by atoms with E-state index in [0.29, 0.717) is 19.7 Å². The summed E-state index contributed by atoms with van der Waals surface area (Å²) in [5, 5.41) is 13.1. The van der Waals surface area contributed by atoms with E-state index >= 15 is 0 Å². The second kappa shape index (κ2) is 9.86. The highest BCUT2D eigenvalue weighted by Gasteiger charge is 2.10. The molecular formula is C14H25N3O2. The maximum Gasteiger partial charge on any atom is 0.0791 e. The van der Waals surface area contributed by atoms with E-state index in [1.54, 1.807) is 13.3 Å². The fourth-order valence-corrected chi connectivity index (χ4v) is 1.83. The Bertz CT molecular complexity index is 322. The van der Waals surface area contributed by atoms with Gasteiger partial charge in [0.05, 0.1) is 18.4 Å². The van der Waals surface area contributed by atoms with Gasteiger partial charge in [0, 0.05) is 39.5 Å². The van der Waals surface area contributed by atoms with Crippen LogP contribution >= 0.6 is 0 Å². The lowest BCUT2D eigenvalue weighted by Crippen LogP contribution is -2.38. The van der Waals surface area contributed by atoms with Crippen molar-refractivity contribution >= 4 is 0 Å². The lowest BCUT2D eigenvalue weighted by molar-refractivity contribution is 0.107. The maximum atomic E-state index is 9.96. The first-order valence-electron chi connectivity index (χ1n) is 6.76. The molecule has 0 aliphatic heterocycles. The van der Waals surface area contributed by atoms with Crippen molar-refractivity contribution in [3.05, 3.63) is 30.1 Å². The number of rotatable bonds is 10. The molecule has 108 valence electrons. The zero-order valence-electron chi connectivity index (χ0n) is 11.9. The van der Waals surface area contributed by atoms with E-state index in [1.807, 2.05) is 18.2 Å². The van der Waals surface area contributed by atoms with Gasteiger partial charge < -0.3 is 15.2 Å². The van der Waals surface area contributed by atoms with Gasteiger partial charge in [-0.05, 0) is 18.7 Å². The number of ether oxygens (including phenoxy) is 1. The van der Waals surface area contributed by atoms with Crippen LogP contribution in [0.2, 0.25) is 0 Å². The number of aromatic nitrogens is 1. The first kappa shape index (κ1) is 16.0. The third-order valence-electron chi connectivity index (χ3n) is 2.89. The van der Waals surface area contributed by atoms with Crippen molar-refractivity contribution in [2.75, 3.05) is 39.9 Å². The number of hydrogen-bond acceptors (Lipinski definition) is 5. The van der Waals surface area contributed by atoms with E-state index in [9.17, 15) is 5.11 Å². The summed E-state index contributed by atoms with van der Waals surface area (Å²) >= 11 is 0. The highest BCUT2D eigenvalue weighted by atomic mass is 16.5. The van der Waals surface area contributed by atoms with E-state index in [4.69, 9.17) is 4.74 Å². The Labute approximate surface area is 115 Å². The third-order valence-corrected chi connectivity index (χ3v) is 2.89. The molecule has 5 nitrogen and oxygen atoms in total. The molecule has 0 aromatic carbocycles. The van der Waals surface area contributed by atoms with E-state index in [-0.39, 0.29) is 6.10 Å². The zero-order valence-corrected chi connectivity index (χ0v) is 11.9. The van der Waals surface area contributed by atoms with Crippen LogP contribution in [0, 0.1) is 0 Å². The fraction of sp³-hybridized carbons (Fsp3) is 0.643. The lowest BCUT2D eigenvalue weighted by Gasteiger charge is -2.23. The van der Waals surface area contributed by atoms with Crippen molar-refractivity contribution in [1.29, 1.82) is 0 Å². The van der Waals surface area contributed by atoms with Gasteiger partial charge in [-0.15, -0.1) is 0 Å². The summed E-state index contributed by atoms with van der Waals surface area (Å²) in [5.74, 6) is 0. The summed E-state index contributed by atoms with van der Waals surface area (Å²) in [4.78, 5) is 6.49. The molecule has 0 radical (unpaired) electrons. The fourth-order valence-electron chi connectivity index (χ4n) is 1.83. The lowest BCUT2D eigenvalue weighted by atomic mass is 10.2. The normalized spacial score (nSPS) is 12.8. The van der Waals surface area contributed by atoms with Crippen LogP contribution in [0.5, 0.6) is 0 Å². The first-order valence-corrected chi connectivity index (χ1v) is 6.76. The second-order valence-corrected chi connectivity index (χ2v) is 4.50. The summed E-state index contributed by atoms with van der Waals surface area (Å²) in [6.07, 6.45) is 1.42. The topological polar surface area (TPSA) is 57.6 Å². The average molecular weight is 267 g/mol. The van der Waals surface area contributed by atoms with Crippen LogP contribution in [0.4, 0.5) is 0 Å². The summed E-state index contributed by atoms with van der Waals surface area (Å²) in [6.45, 7) is 6.42. The van der Waals surface area contributed by atoms with Crippen LogP contribution in [0.1, 0.15) is 12.6 Å². The van der Waals surface area contributed by atoms with Crippen molar-refractivity contribution in [2.24, 2.45) is 0 Å². The average Bonchev–Trinajstić information content (AvgIpc) is 2.44. The van der Waals surface area contributed by atoms with Gasteiger partial charge in [-0.3, -0.25) is 9.88 Å². The molecule has 5 heteroatoms. The number of likely N-dealkylation sites (N-methyl/N-ethyl adjacent to an activating group) is 1. The molecule has 1 aromatic heterocycles. The Kier molecular flexibility index (Phi) is 8.33. The van der Waals surface area contributed by atoms with Gasteiger partial charge in [-0.25, -0.2) is 0 Å². The van der Waals surface area contributed by atoms with Crippen molar-refractivity contribution in [1.82, 2.24) is 15.2 Å². The summed E-state index contributed by atoms with van der Waals surface area (Å²) < 4.78 is 4.94. The predicted octanol–water partition coefficient (Wildman–Crippen LogP) is 0.500. The molecule has 0 amide bonds. The van der Waals surface area contributed by atoms with Crippen LogP contribution in [-0.2, 0) is 11.3 Å². The molecule has 1 aromatic rings. The maximum absolute atomic E-state index is 9.96. The molecule has 0 aliphatic carbocycles. The minimum absolute atomic E-state index is 0.375.